The number of hydroxylamine groups is 2. The molecule has 14 heteroatoms. The van der Waals surface area contributed by atoms with E-state index in [1.807, 2.05) is 25.1 Å². The Kier molecular flexibility index (Phi) is 11.6. The average Bonchev–Trinajstić information content (AvgIpc) is 3.52. The lowest BCUT2D eigenvalue weighted by molar-refractivity contribution is -0.158. The minimum absolute atomic E-state index is 0.0318. The molecule has 2 fully saturated rings. The molecule has 0 saturated carbocycles. The van der Waals surface area contributed by atoms with Gasteiger partial charge in [0.15, 0.2) is 5.82 Å². The molecule has 1 aromatic heterocycles. The third kappa shape index (κ3) is 9.61. The number of hydrogen-bond donors (Lipinski definition) is 2. The van der Waals surface area contributed by atoms with Crippen LogP contribution in [-0.2, 0) is 23.9 Å². The fraction of sp³-hybridized carbons (Fsp3) is 0.517. The van der Waals surface area contributed by atoms with E-state index in [0.717, 1.165) is 12.8 Å². The maximum absolute atomic E-state index is 13.5. The van der Waals surface area contributed by atoms with Crippen molar-refractivity contribution in [3.63, 3.8) is 0 Å². The lowest BCUT2D eigenvalue weighted by atomic mass is 10.1. The van der Waals surface area contributed by atoms with Crippen molar-refractivity contribution in [2.45, 2.75) is 51.2 Å². The van der Waals surface area contributed by atoms with Gasteiger partial charge in [-0.05, 0) is 12.8 Å². The van der Waals surface area contributed by atoms with Crippen molar-refractivity contribution >= 4 is 23.9 Å². The molecule has 3 heterocycles. The van der Waals surface area contributed by atoms with E-state index in [1.54, 1.807) is 12.1 Å². The Morgan fingerprint density at radius 3 is 2.56 bits per heavy atom. The van der Waals surface area contributed by atoms with Gasteiger partial charge in [-0.1, -0.05) is 43.7 Å². The zero-order valence-electron chi connectivity index (χ0n) is 24.1. The summed E-state index contributed by atoms with van der Waals surface area (Å²) in [6.45, 7) is 4.06. The molecule has 2 aromatic rings. The van der Waals surface area contributed by atoms with Crippen LogP contribution >= 0.6 is 0 Å². The summed E-state index contributed by atoms with van der Waals surface area (Å²) >= 11 is 0. The number of unbranched alkanes of at least 4 members (excludes halogenated alkanes) is 1. The number of piperazine rings is 1. The number of amides is 2. The van der Waals surface area contributed by atoms with Crippen LogP contribution in [0.15, 0.2) is 36.4 Å². The number of carbonyl (C=O) groups is 4. The normalized spacial score (nSPS) is 17.6. The second-order valence-electron chi connectivity index (χ2n) is 10.1. The zero-order valence-corrected chi connectivity index (χ0v) is 24.1. The molecule has 14 nitrogen and oxygen atoms in total. The maximum Gasteiger partial charge on any atom is 0.527 e. The number of carboxylic acids is 1. The fourth-order valence-corrected chi connectivity index (χ4v) is 4.50. The molecule has 2 atom stereocenters. The fourth-order valence-electron chi connectivity index (χ4n) is 4.50. The molecule has 43 heavy (non-hydrogen) atoms. The van der Waals surface area contributed by atoms with Gasteiger partial charge >= 0.3 is 12.1 Å². The number of aromatic nitrogens is 2. The Bertz CT molecular complexity index is 1250. The van der Waals surface area contributed by atoms with Crippen molar-refractivity contribution in [3.8, 4) is 17.3 Å². The Morgan fingerprint density at radius 1 is 1.12 bits per heavy atom. The van der Waals surface area contributed by atoms with E-state index in [9.17, 15) is 24.3 Å². The largest absolute Gasteiger partial charge is 0.527 e. The molecular weight excluding hydrogens is 562 g/mol. The van der Waals surface area contributed by atoms with Crippen LogP contribution in [0.25, 0.3) is 11.4 Å². The van der Waals surface area contributed by atoms with Crippen molar-refractivity contribution in [1.82, 2.24) is 25.2 Å². The predicted octanol–water partition coefficient (Wildman–Crippen LogP) is 2.29. The first-order valence-electron chi connectivity index (χ1n) is 14.4. The van der Waals surface area contributed by atoms with Gasteiger partial charge in [0, 0.05) is 37.6 Å². The van der Waals surface area contributed by atoms with Crippen molar-refractivity contribution in [3.05, 3.63) is 42.1 Å². The molecule has 1 aromatic carbocycles. The van der Waals surface area contributed by atoms with E-state index in [-0.39, 0.29) is 69.1 Å². The van der Waals surface area contributed by atoms with Gasteiger partial charge in [-0.3, -0.25) is 14.4 Å². The van der Waals surface area contributed by atoms with Crippen molar-refractivity contribution in [2.75, 3.05) is 46.0 Å². The van der Waals surface area contributed by atoms with Crippen LogP contribution < -0.4 is 10.1 Å². The minimum atomic E-state index is -1.13. The molecule has 2 amide bonds. The number of benzene rings is 1. The predicted molar refractivity (Wildman–Crippen MR) is 151 cm³/mol. The lowest BCUT2D eigenvalue weighted by Gasteiger charge is -2.35. The summed E-state index contributed by atoms with van der Waals surface area (Å²) in [5, 5.41) is 13.4. The monoisotopic (exact) mass is 599 g/mol. The molecule has 2 aliphatic rings. The van der Waals surface area contributed by atoms with Crippen LogP contribution in [0.3, 0.4) is 0 Å². The first-order chi connectivity index (χ1) is 20.8. The van der Waals surface area contributed by atoms with Gasteiger partial charge < -0.3 is 34.4 Å². The molecule has 2 N–H and O–H groups in total. The summed E-state index contributed by atoms with van der Waals surface area (Å²) < 4.78 is 16.3. The highest BCUT2D eigenvalue weighted by Crippen LogP contribution is 2.22. The molecule has 2 aliphatic heterocycles. The quantitative estimate of drug-likeness (QED) is 0.255. The molecule has 0 aliphatic carbocycles. The maximum atomic E-state index is 13.5. The summed E-state index contributed by atoms with van der Waals surface area (Å²) in [4.78, 5) is 65.7. The van der Waals surface area contributed by atoms with Gasteiger partial charge in [0.25, 0.3) is 5.91 Å². The van der Waals surface area contributed by atoms with Crippen LogP contribution in [0.5, 0.6) is 5.88 Å². The molecule has 4 rings (SSSR count). The average molecular weight is 600 g/mol. The highest BCUT2D eigenvalue weighted by atomic mass is 16.8. The van der Waals surface area contributed by atoms with Gasteiger partial charge in [0.05, 0.1) is 32.9 Å². The summed E-state index contributed by atoms with van der Waals surface area (Å²) in [5.74, 6) is -1.77. The molecule has 0 spiro atoms. The number of nitrogens with zero attached hydrogens (tertiary/aromatic N) is 4. The highest BCUT2D eigenvalue weighted by Gasteiger charge is 2.31. The number of carbonyl (C=O) groups excluding carboxylic acids is 3. The van der Waals surface area contributed by atoms with E-state index < -0.39 is 30.0 Å². The number of carboxylic acid groups (broad SMARTS) is 1. The Labute approximate surface area is 249 Å². The molecule has 2 saturated heterocycles. The summed E-state index contributed by atoms with van der Waals surface area (Å²) in [7, 11) is 0. The van der Waals surface area contributed by atoms with E-state index in [2.05, 4.69) is 15.3 Å². The number of nitrogens with one attached hydrogen (secondary N) is 1. The molecule has 0 radical (unpaired) electrons. The minimum Gasteiger partial charge on any atom is -0.481 e. The number of hydrogen-bond acceptors (Lipinski definition) is 11. The summed E-state index contributed by atoms with van der Waals surface area (Å²) in [6, 6.07) is 9.35. The van der Waals surface area contributed by atoms with Gasteiger partial charge in [-0.15, -0.1) is 5.06 Å². The van der Waals surface area contributed by atoms with Gasteiger partial charge in [-0.2, -0.15) is 4.98 Å². The first kappa shape index (κ1) is 31.6. The van der Waals surface area contributed by atoms with Gasteiger partial charge in [0.2, 0.25) is 11.8 Å². The summed E-state index contributed by atoms with van der Waals surface area (Å²) in [6.07, 6.45) is 0.801. The van der Waals surface area contributed by atoms with Crippen molar-refractivity contribution < 1.29 is 43.3 Å². The van der Waals surface area contributed by atoms with Crippen molar-refractivity contribution in [1.29, 1.82) is 0 Å². The number of aliphatic carboxylic acids is 1. The Hall–Kier alpha value is -4.30. The third-order valence-corrected chi connectivity index (χ3v) is 6.86. The number of ether oxygens (including phenoxy) is 3. The number of rotatable bonds is 13. The van der Waals surface area contributed by atoms with Crippen LogP contribution in [0, 0.1) is 0 Å². The van der Waals surface area contributed by atoms with Crippen molar-refractivity contribution in [2.24, 2.45) is 0 Å². The Balaban J connectivity index is 1.44. The second-order valence-corrected chi connectivity index (χ2v) is 10.1. The summed E-state index contributed by atoms with van der Waals surface area (Å²) in [5.41, 5.74) is 0.633. The van der Waals surface area contributed by atoms with E-state index in [0.29, 0.717) is 25.2 Å². The topological polar surface area (TPSA) is 170 Å². The van der Waals surface area contributed by atoms with E-state index >= 15 is 0 Å². The van der Waals surface area contributed by atoms with Gasteiger partial charge in [0.1, 0.15) is 17.8 Å². The molecule has 232 valence electrons. The second kappa shape index (κ2) is 15.8. The smallest absolute Gasteiger partial charge is 0.481 e. The Morgan fingerprint density at radius 2 is 1.88 bits per heavy atom. The molecule has 0 bridgehead atoms. The van der Waals surface area contributed by atoms with Gasteiger partial charge in [-0.25, -0.2) is 9.78 Å². The lowest BCUT2D eigenvalue weighted by Crippen LogP contribution is -2.55. The highest BCUT2D eigenvalue weighted by molar-refractivity contribution is 5.96. The van der Waals surface area contributed by atoms with Crippen LogP contribution in [0.1, 0.15) is 49.5 Å². The van der Waals surface area contributed by atoms with E-state index in [4.69, 9.17) is 19.0 Å². The molecular formula is C29H37N5O9. The first-order valence-corrected chi connectivity index (χ1v) is 14.4. The van der Waals surface area contributed by atoms with Crippen LogP contribution in [0.4, 0.5) is 4.79 Å². The third-order valence-electron chi connectivity index (χ3n) is 6.86. The van der Waals surface area contributed by atoms with Crippen LogP contribution in [0.2, 0.25) is 0 Å². The molecule has 1 unspecified atom stereocenters. The van der Waals surface area contributed by atoms with E-state index in [1.165, 1.54) is 16.0 Å². The van der Waals surface area contributed by atoms with Crippen LogP contribution in [-0.4, -0.2) is 107 Å². The standard InChI is InChI=1S/C29H37N5O9/c1-2-3-16-41-29(39)43-34-14-12-33(13-15-34)28(38)22(9-10-25(35)36)31-27(37)23-18-24(42-21-11-17-40-19-21)32-26(30-23)20-7-5-4-6-8-20/h4-8,18,21-22H,2-3,9-17,19H2,1H3,(H,31,37)(H,35,36)/t21-,22?/m0/s1. The SMILES string of the molecule is CCCCOC(=O)ON1CCN(C(=O)C(CCC(=O)O)NC(=O)c2cc(O[C@H]3CCOC3)nc(-c3ccccc3)n2)CC1. The zero-order chi connectivity index (χ0) is 30.6.